The van der Waals surface area contributed by atoms with E-state index in [1.807, 2.05) is 39.0 Å². The van der Waals surface area contributed by atoms with E-state index in [1.165, 1.54) is 6.21 Å². The lowest BCUT2D eigenvalue weighted by molar-refractivity contribution is -0.118. The molecule has 0 aliphatic rings. The van der Waals surface area contributed by atoms with Gasteiger partial charge in [-0.05, 0) is 74.4 Å². The van der Waals surface area contributed by atoms with E-state index >= 15 is 0 Å². The van der Waals surface area contributed by atoms with Gasteiger partial charge in [-0.1, -0.05) is 36.4 Å². The average molecular weight is 566 g/mol. The van der Waals surface area contributed by atoms with Gasteiger partial charge < -0.3 is 24.3 Å². The van der Waals surface area contributed by atoms with Crippen LogP contribution in [0.25, 0.3) is 0 Å². The fourth-order valence-corrected chi connectivity index (χ4v) is 3.81. The highest BCUT2D eigenvalue weighted by Crippen LogP contribution is 2.36. The van der Waals surface area contributed by atoms with Gasteiger partial charge in [0.15, 0.2) is 29.6 Å². The Morgan fingerprint density at radius 3 is 2.45 bits per heavy atom. The van der Waals surface area contributed by atoms with Crippen LogP contribution in [0.15, 0.2) is 72.4 Å². The summed E-state index contributed by atoms with van der Waals surface area (Å²) in [5, 5.41) is 7.04. The molecule has 0 radical (unpaired) electrons. The molecule has 0 atom stereocenters. The number of carbonyl (C=O) groups excluding carboxylic acids is 2. The van der Waals surface area contributed by atoms with Gasteiger partial charge in [0.2, 0.25) is 0 Å². The van der Waals surface area contributed by atoms with Crippen molar-refractivity contribution in [2.75, 3.05) is 31.7 Å². The maximum Gasteiger partial charge on any atom is 0.271 e. The molecule has 3 aromatic rings. The zero-order valence-electron chi connectivity index (χ0n) is 22.7. The second kappa shape index (κ2) is 15.2. The molecule has 210 valence electrons. The van der Waals surface area contributed by atoms with Gasteiger partial charge in [0.1, 0.15) is 6.61 Å². The van der Waals surface area contributed by atoms with Gasteiger partial charge in [-0.15, -0.1) is 0 Å². The summed E-state index contributed by atoms with van der Waals surface area (Å²) < 4.78 is 22.5. The van der Waals surface area contributed by atoms with E-state index in [-0.39, 0.29) is 23.3 Å². The molecule has 0 bridgehead atoms. The molecule has 9 nitrogen and oxygen atoms in total. The highest BCUT2D eigenvalue weighted by Gasteiger charge is 2.15. The molecule has 0 unspecified atom stereocenters. The first-order valence-electron chi connectivity index (χ1n) is 12.6. The van der Waals surface area contributed by atoms with Crippen LogP contribution >= 0.6 is 11.6 Å². The minimum absolute atomic E-state index is 0.221. The quantitative estimate of drug-likeness (QED) is 0.145. The number of benzene rings is 3. The first kappa shape index (κ1) is 30.0. The standard InChI is InChI=1S/C30H32ClN3O6/c1-5-13-39-25-12-11-22(17-26(25)37-6-2)30(36)34-32-18-21-15-24(31)29(27(16-21)38-7-3)40-19-28(35)33-23-10-8-9-20(4)14-23/h5,8-12,14-18H,1,6-7,13,19H2,2-4H3,(H,33,35)(H,34,36)/b32-18+. The van der Waals surface area contributed by atoms with Crippen molar-refractivity contribution in [3.05, 3.63) is 89.0 Å². The number of ether oxygens (including phenoxy) is 4. The number of rotatable bonds is 14. The second-order valence-electron chi connectivity index (χ2n) is 8.36. The van der Waals surface area contributed by atoms with E-state index in [2.05, 4.69) is 22.4 Å². The minimum Gasteiger partial charge on any atom is -0.490 e. The van der Waals surface area contributed by atoms with Crippen molar-refractivity contribution in [3.63, 3.8) is 0 Å². The average Bonchev–Trinajstić information content (AvgIpc) is 2.92. The van der Waals surface area contributed by atoms with Crippen molar-refractivity contribution < 1.29 is 28.5 Å². The topological polar surface area (TPSA) is 107 Å². The molecule has 0 saturated heterocycles. The smallest absolute Gasteiger partial charge is 0.271 e. The molecule has 0 spiro atoms. The summed E-state index contributed by atoms with van der Waals surface area (Å²) in [6.07, 6.45) is 3.04. The summed E-state index contributed by atoms with van der Waals surface area (Å²) in [6.45, 7) is 10.0. The maximum atomic E-state index is 12.7. The number of nitrogens with zero attached hydrogens (tertiary/aromatic N) is 1. The number of hydrogen-bond acceptors (Lipinski definition) is 7. The van der Waals surface area contributed by atoms with E-state index in [4.69, 9.17) is 30.5 Å². The minimum atomic E-state index is -0.442. The normalized spacial score (nSPS) is 10.6. The summed E-state index contributed by atoms with van der Waals surface area (Å²) >= 11 is 6.45. The van der Waals surface area contributed by atoms with E-state index in [0.29, 0.717) is 53.9 Å². The van der Waals surface area contributed by atoms with E-state index in [1.54, 1.807) is 42.5 Å². The van der Waals surface area contributed by atoms with Gasteiger partial charge >= 0.3 is 0 Å². The van der Waals surface area contributed by atoms with Crippen molar-refractivity contribution in [2.24, 2.45) is 5.10 Å². The van der Waals surface area contributed by atoms with Crippen LogP contribution in [0.2, 0.25) is 5.02 Å². The van der Waals surface area contributed by atoms with E-state index in [0.717, 1.165) is 5.56 Å². The van der Waals surface area contributed by atoms with Crippen LogP contribution in [-0.2, 0) is 4.79 Å². The number of amides is 2. The van der Waals surface area contributed by atoms with Gasteiger partial charge in [0.25, 0.3) is 11.8 Å². The summed E-state index contributed by atoms with van der Waals surface area (Å²) in [7, 11) is 0. The number of halogens is 1. The number of carbonyl (C=O) groups is 2. The summed E-state index contributed by atoms with van der Waals surface area (Å²) in [5.74, 6) is 0.731. The molecule has 0 heterocycles. The molecular weight excluding hydrogens is 534 g/mol. The lowest BCUT2D eigenvalue weighted by atomic mass is 10.2. The van der Waals surface area contributed by atoms with Crippen molar-refractivity contribution in [3.8, 4) is 23.0 Å². The Morgan fingerprint density at radius 2 is 1.73 bits per heavy atom. The Bertz CT molecular complexity index is 1380. The number of hydrogen-bond donors (Lipinski definition) is 2. The van der Waals surface area contributed by atoms with Gasteiger partial charge in [-0.2, -0.15) is 5.10 Å². The lowest BCUT2D eigenvalue weighted by Crippen LogP contribution is -2.20. The highest BCUT2D eigenvalue weighted by atomic mass is 35.5. The van der Waals surface area contributed by atoms with Gasteiger partial charge in [0.05, 0.1) is 24.5 Å². The van der Waals surface area contributed by atoms with Crippen LogP contribution in [0.5, 0.6) is 23.0 Å². The molecule has 3 rings (SSSR count). The molecule has 2 amide bonds. The van der Waals surface area contributed by atoms with Crippen LogP contribution < -0.4 is 29.7 Å². The van der Waals surface area contributed by atoms with Crippen LogP contribution in [0, 0.1) is 6.92 Å². The van der Waals surface area contributed by atoms with Crippen molar-refractivity contribution >= 4 is 35.3 Å². The molecule has 0 aliphatic carbocycles. The third-order valence-corrected chi connectivity index (χ3v) is 5.50. The Kier molecular flexibility index (Phi) is 11.4. The van der Waals surface area contributed by atoms with Crippen LogP contribution in [-0.4, -0.2) is 44.5 Å². The first-order valence-corrected chi connectivity index (χ1v) is 13.0. The van der Waals surface area contributed by atoms with Crippen molar-refractivity contribution in [1.82, 2.24) is 5.43 Å². The molecule has 0 aliphatic heterocycles. The molecule has 40 heavy (non-hydrogen) atoms. The second-order valence-corrected chi connectivity index (χ2v) is 8.77. The predicted molar refractivity (Wildman–Crippen MR) is 156 cm³/mol. The number of nitrogens with one attached hydrogen (secondary N) is 2. The van der Waals surface area contributed by atoms with Crippen LogP contribution in [0.3, 0.4) is 0 Å². The number of anilines is 1. The molecule has 3 aromatic carbocycles. The Labute approximate surface area is 238 Å². The maximum absolute atomic E-state index is 12.7. The molecule has 2 N–H and O–H groups in total. The van der Waals surface area contributed by atoms with Crippen molar-refractivity contribution in [2.45, 2.75) is 20.8 Å². The van der Waals surface area contributed by atoms with Gasteiger partial charge in [-0.3, -0.25) is 9.59 Å². The van der Waals surface area contributed by atoms with Crippen molar-refractivity contribution in [1.29, 1.82) is 0 Å². The third-order valence-electron chi connectivity index (χ3n) is 5.22. The Morgan fingerprint density at radius 1 is 0.950 bits per heavy atom. The highest BCUT2D eigenvalue weighted by molar-refractivity contribution is 6.32. The Balaban J connectivity index is 1.67. The van der Waals surface area contributed by atoms with Crippen LogP contribution in [0.1, 0.15) is 35.3 Å². The summed E-state index contributed by atoms with van der Waals surface area (Å²) in [6, 6.07) is 15.5. The van der Waals surface area contributed by atoms with Crippen LogP contribution in [0.4, 0.5) is 5.69 Å². The summed E-state index contributed by atoms with van der Waals surface area (Å²) in [5.41, 5.74) is 5.07. The van der Waals surface area contributed by atoms with E-state index < -0.39 is 5.91 Å². The zero-order chi connectivity index (χ0) is 28.9. The number of aryl methyl sites for hydroxylation is 1. The predicted octanol–water partition coefficient (Wildman–Crippen LogP) is 5.79. The fourth-order valence-electron chi connectivity index (χ4n) is 3.54. The lowest BCUT2D eigenvalue weighted by Gasteiger charge is -2.14. The van der Waals surface area contributed by atoms with E-state index in [9.17, 15) is 9.59 Å². The molecular formula is C30H32ClN3O6. The molecule has 10 heteroatoms. The zero-order valence-corrected chi connectivity index (χ0v) is 23.4. The number of hydrazone groups is 1. The SMILES string of the molecule is C=CCOc1ccc(C(=O)N/N=C/c2cc(Cl)c(OCC(=O)Nc3cccc(C)c3)c(OCC)c2)cc1OCC. The van der Waals surface area contributed by atoms with Gasteiger partial charge in [0, 0.05) is 11.3 Å². The molecule has 0 aromatic heterocycles. The molecule has 0 saturated carbocycles. The summed E-state index contributed by atoms with van der Waals surface area (Å²) in [4.78, 5) is 25.0. The van der Waals surface area contributed by atoms with Gasteiger partial charge in [-0.25, -0.2) is 5.43 Å². The Hall–Kier alpha value is -4.50. The fraction of sp³-hybridized carbons (Fsp3) is 0.233. The monoisotopic (exact) mass is 565 g/mol. The first-order chi connectivity index (χ1) is 19.3. The molecule has 0 fully saturated rings. The third kappa shape index (κ3) is 8.78. The largest absolute Gasteiger partial charge is 0.490 e.